The third-order valence-corrected chi connectivity index (χ3v) is 1.92. The summed E-state index contributed by atoms with van der Waals surface area (Å²) in [6, 6.07) is 0. The fourth-order valence-electron chi connectivity index (χ4n) is 1.17. The molecule has 4 nitrogen and oxygen atoms in total. The van der Waals surface area contributed by atoms with Gasteiger partial charge in [0.15, 0.2) is 5.78 Å². The first-order chi connectivity index (χ1) is 6.76. The van der Waals surface area contributed by atoms with E-state index in [-0.39, 0.29) is 5.78 Å². The minimum absolute atomic E-state index is 0.00347. The lowest BCUT2D eigenvalue weighted by Crippen LogP contribution is -2.18. The number of Topliss-reactive ketones (excluding diaryl/α,β-unsaturated/α-hetero) is 1. The molecule has 0 atom stereocenters. The van der Waals surface area contributed by atoms with Gasteiger partial charge in [-0.25, -0.2) is 0 Å². The standard InChI is InChI=1S/C6H9NO2.C4H10O/c8-6-4-2-1-3-5(6)7-9;1-3-5-4-2/h9H,1-4H2;3-4H2,1-2H3/b7-5-;. The number of rotatable bonds is 2. The van der Waals surface area contributed by atoms with Crippen molar-refractivity contribution < 1.29 is 14.7 Å². The summed E-state index contributed by atoms with van der Waals surface area (Å²) in [6.07, 6.45) is 3.12. The molecule has 4 heteroatoms. The summed E-state index contributed by atoms with van der Waals surface area (Å²) >= 11 is 0. The third-order valence-electron chi connectivity index (χ3n) is 1.92. The van der Waals surface area contributed by atoms with Crippen LogP contribution in [0, 0.1) is 0 Å². The number of carbonyl (C=O) groups excluding carboxylic acids is 1. The number of ketones is 1. The minimum atomic E-state index is 0.00347. The van der Waals surface area contributed by atoms with E-state index in [4.69, 9.17) is 9.94 Å². The monoisotopic (exact) mass is 201 g/mol. The van der Waals surface area contributed by atoms with E-state index < -0.39 is 0 Å². The van der Waals surface area contributed by atoms with Crippen molar-refractivity contribution in [1.82, 2.24) is 0 Å². The topological polar surface area (TPSA) is 58.9 Å². The number of carbonyl (C=O) groups is 1. The highest BCUT2D eigenvalue weighted by molar-refractivity contribution is 6.40. The first-order valence-electron chi connectivity index (χ1n) is 5.08. The van der Waals surface area contributed by atoms with Crippen LogP contribution < -0.4 is 0 Å². The average Bonchev–Trinajstić information content (AvgIpc) is 2.21. The Morgan fingerprint density at radius 2 is 1.86 bits per heavy atom. The van der Waals surface area contributed by atoms with Crippen LogP contribution in [0.25, 0.3) is 0 Å². The van der Waals surface area contributed by atoms with E-state index in [2.05, 4.69) is 5.16 Å². The van der Waals surface area contributed by atoms with Gasteiger partial charge in [0.2, 0.25) is 0 Å². The Balaban J connectivity index is 0.000000292. The van der Waals surface area contributed by atoms with E-state index in [9.17, 15) is 4.79 Å². The molecule has 0 bridgehead atoms. The molecular weight excluding hydrogens is 182 g/mol. The molecular formula is C10H19NO3. The molecule has 0 aliphatic heterocycles. The van der Waals surface area contributed by atoms with Gasteiger partial charge in [-0.3, -0.25) is 4.79 Å². The lowest BCUT2D eigenvalue weighted by atomic mass is 9.97. The van der Waals surface area contributed by atoms with Crippen molar-refractivity contribution in [2.75, 3.05) is 13.2 Å². The Labute approximate surface area is 84.9 Å². The highest BCUT2D eigenvalue weighted by atomic mass is 16.5. The summed E-state index contributed by atoms with van der Waals surface area (Å²) in [7, 11) is 0. The normalized spacial score (nSPS) is 19.0. The Morgan fingerprint density at radius 1 is 1.29 bits per heavy atom. The molecule has 82 valence electrons. The van der Waals surface area contributed by atoms with Gasteiger partial charge in [0, 0.05) is 19.6 Å². The van der Waals surface area contributed by atoms with E-state index in [1.165, 1.54) is 0 Å². The van der Waals surface area contributed by atoms with Crippen LogP contribution in [0.5, 0.6) is 0 Å². The molecule has 1 fully saturated rings. The number of ether oxygens (including phenoxy) is 1. The lowest BCUT2D eigenvalue weighted by Gasteiger charge is -2.07. The summed E-state index contributed by atoms with van der Waals surface area (Å²) in [5.41, 5.74) is 0.348. The largest absolute Gasteiger partial charge is 0.411 e. The molecule has 1 N–H and O–H groups in total. The van der Waals surface area contributed by atoms with Crippen LogP contribution in [0.2, 0.25) is 0 Å². The van der Waals surface area contributed by atoms with E-state index in [0.29, 0.717) is 18.6 Å². The first-order valence-corrected chi connectivity index (χ1v) is 5.08. The molecule has 0 heterocycles. The molecule has 1 aliphatic rings. The zero-order chi connectivity index (χ0) is 10.8. The quantitative estimate of drug-likeness (QED) is 0.549. The van der Waals surface area contributed by atoms with Crippen LogP contribution >= 0.6 is 0 Å². The molecule has 0 radical (unpaired) electrons. The van der Waals surface area contributed by atoms with Crippen molar-refractivity contribution >= 4 is 11.5 Å². The predicted molar refractivity (Wildman–Crippen MR) is 54.9 cm³/mol. The summed E-state index contributed by atoms with van der Waals surface area (Å²) in [5.74, 6) is 0.00347. The maximum atomic E-state index is 10.7. The molecule has 0 amide bonds. The number of hydrogen-bond donors (Lipinski definition) is 1. The molecule has 0 spiro atoms. The smallest absolute Gasteiger partial charge is 0.180 e. The number of hydrogen-bond acceptors (Lipinski definition) is 4. The number of nitrogens with zero attached hydrogens (tertiary/aromatic N) is 1. The van der Waals surface area contributed by atoms with Gasteiger partial charge in [0.25, 0.3) is 0 Å². The summed E-state index contributed by atoms with van der Waals surface area (Å²) in [6.45, 7) is 5.67. The van der Waals surface area contributed by atoms with Crippen molar-refractivity contribution in [3.8, 4) is 0 Å². The minimum Gasteiger partial charge on any atom is -0.411 e. The van der Waals surface area contributed by atoms with Crippen LogP contribution in [0.15, 0.2) is 5.16 Å². The lowest BCUT2D eigenvalue weighted by molar-refractivity contribution is -0.113. The molecule has 1 saturated carbocycles. The molecule has 1 rings (SSSR count). The third kappa shape index (κ3) is 5.70. The Bertz CT molecular complexity index is 188. The average molecular weight is 201 g/mol. The molecule has 1 aliphatic carbocycles. The second-order valence-corrected chi connectivity index (χ2v) is 2.96. The summed E-state index contributed by atoms with van der Waals surface area (Å²) in [5, 5.41) is 11.1. The molecule has 0 aromatic carbocycles. The maximum Gasteiger partial charge on any atom is 0.180 e. The van der Waals surface area contributed by atoms with Crippen molar-refractivity contribution in [1.29, 1.82) is 0 Å². The molecule has 0 unspecified atom stereocenters. The Kier molecular flexibility index (Phi) is 8.13. The van der Waals surface area contributed by atoms with E-state index >= 15 is 0 Å². The highest BCUT2D eigenvalue weighted by Gasteiger charge is 2.16. The SMILES string of the molecule is CCOCC.O=C1CCCC/C1=N/O. The summed E-state index contributed by atoms with van der Waals surface area (Å²) in [4.78, 5) is 10.7. The van der Waals surface area contributed by atoms with Crippen molar-refractivity contribution in [3.05, 3.63) is 0 Å². The second-order valence-electron chi connectivity index (χ2n) is 2.96. The van der Waals surface area contributed by atoms with E-state index in [1.54, 1.807) is 0 Å². The van der Waals surface area contributed by atoms with Crippen LogP contribution in [0.3, 0.4) is 0 Å². The van der Waals surface area contributed by atoms with Gasteiger partial charge in [-0.15, -0.1) is 0 Å². The van der Waals surface area contributed by atoms with Gasteiger partial charge in [-0.1, -0.05) is 5.16 Å². The molecule has 14 heavy (non-hydrogen) atoms. The van der Waals surface area contributed by atoms with Gasteiger partial charge in [-0.2, -0.15) is 0 Å². The van der Waals surface area contributed by atoms with E-state index in [0.717, 1.165) is 26.1 Å². The predicted octanol–water partition coefficient (Wildman–Crippen LogP) is 2.00. The second kappa shape index (κ2) is 8.69. The van der Waals surface area contributed by atoms with Gasteiger partial charge >= 0.3 is 0 Å². The zero-order valence-electron chi connectivity index (χ0n) is 8.95. The van der Waals surface area contributed by atoms with Crippen molar-refractivity contribution in [3.63, 3.8) is 0 Å². The van der Waals surface area contributed by atoms with Crippen LogP contribution in [-0.2, 0) is 9.53 Å². The maximum absolute atomic E-state index is 10.7. The van der Waals surface area contributed by atoms with Gasteiger partial charge < -0.3 is 9.94 Å². The highest BCUT2D eigenvalue weighted by Crippen LogP contribution is 2.10. The fourth-order valence-corrected chi connectivity index (χ4v) is 1.17. The van der Waals surface area contributed by atoms with Crippen molar-refractivity contribution in [2.24, 2.45) is 5.16 Å². The molecule has 0 aromatic rings. The molecule has 0 aromatic heterocycles. The van der Waals surface area contributed by atoms with Gasteiger partial charge in [0.1, 0.15) is 5.71 Å². The zero-order valence-corrected chi connectivity index (χ0v) is 8.95. The Hall–Kier alpha value is -0.900. The van der Waals surface area contributed by atoms with E-state index in [1.807, 2.05) is 13.8 Å². The number of oxime groups is 1. The van der Waals surface area contributed by atoms with Crippen LogP contribution in [0.4, 0.5) is 0 Å². The van der Waals surface area contributed by atoms with Gasteiger partial charge in [-0.05, 0) is 33.1 Å². The van der Waals surface area contributed by atoms with Crippen LogP contribution in [-0.4, -0.2) is 29.9 Å². The molecule has 0 saturated heterocycles. The first kappa shape index (κ1) is 13.1. The summed E-state index contributed by atoms with van der Waals surface area (Å²) < 4.78 is 4.83. The fraction of sp³-hybridized carbons (Fsp3) is 0.800. The van der Waals surface area contributed by atoms with Crippen molar-refractivity contribution in [2.45, 2.75) is 39.5 Å². The van der Waals surface area contributed by atoms with Gasteiger partial charge in [0.05, 0.1) is 0 Å². The van der Waals surface area contributed by atoms with Crippen LogP contribution in [0.1, 0.15) is 39.5 Å². The Morgan fingerprint density at radius 3 is 2.14 bits per heavy atom.